The quantitative estimate of drug-likeness (QED) is 0.0201. The Morgan fingerprint density at radius 1 is 0.688 bits per heavy atom. The molecule has 9 nitrogen and oxygen atoms in total. The molecule has 3 N–H and O–H groups in total. The van der Waals surface area contributed by atoms with Crippen molar-refractivity contribution in [1.29, 1.82) is 0 Å². The maximum absolute atomic E-state index is 12.4. The van der Waals surface area contributed by atoms with Crippen LogP contribution >= 0.6 is 7.82 Å². The van der Waals surface area contributed by atoms with Gasteiger partial charge in [-0.3, -0.25) is 14.1 Å². The number of phosphoric ester groups is 1. The number of phosphoric acid groups is 1. The number of unbranched alkanes of at least 4 members (excludes halogenated alkanes) is 13. The fourth-order valence-corrected chi connectivity index (χ4v) is 5.48. The average Bonchev–Trinajstić information content (AvgIpc) is 3.04. The molecule has 0 saturated heterocycles. The second-order valence-electron chi connectivity index (χ2n) is 13.0. The molecule has 3 atom stereocenters. The molecule has 48 heavy (non-hydrogen) atoms. The first kappa shape index (κ1) is 46.2. The van der Waals surface area contributed by atoms with Crippen LogP contribution in [-0.2, 0) is 28.2 Å². The Balaban J connectivity index is 4.07. The van der Waals surface area contributed by atoms with Gasteiger partial charge in [-0.25, -0.2) is 4.57 Å². The molecule has 0 aromatic carbocycles. The van der Waals surface area contributed by atoms with Crippen molar-refractivity contribution in [1.82, 2.24) is 0 Å². The van der Waals surface area contributed by atoms with Gasteiger partial charge in [0.05, 0.1) is 12.7 Å². The normalized spacial score (nSPS) is 14.2. The Bertz CT molecular complexity index is 912. The highest BCUT2D eigenvalue weighted by atomic mass is 31.2. The molecule has 0 aromatic heterocycles. The number of rotatable bonds is 33. The lowest BCUT2D eigenvalue weighted by molar-refractivity contribution is -0.161. The predicted octanol–water partition coefficient (Wildman–Crippen LogP) is 9.84. The number of allylic oxidation sites excluding steroid dienone is 5. The van der Waals surface area contributed by atoms with Gasteiger partial charge in [0.2, 0.25) is 0 Å². The maximum atomic E-state index is 12.4. The lowest BCUT2D eigenvalue weighted by atomic mass is 9.99. The van der Waals surface area contributed by atoms with Crippen LogP contribution < -0.4 is 0 Å². The Morgan fingerprint density at radius 2 is 1.23 bits per heavy atom. The Hall–Kier alpha value is -1.77. The van der Waals surface area contributed by atoms with E-state index in [2.05, 4.69) is 37.4 Å². The van der Waals surface area contributed by atoms with Gasteiger partial charge in [0.15, 0.2) is 6.10 Å². The van der Waals surface area contributed by atoms with Crippen molar-refractivity contribution in [2.45, 2.75) is 174 Å². The first-order valence-corrected chi connectivity index (χ1v) is 20.3. The van der Waals surface area contributed by atoms with E-state index in [9.17, 15) is 19.3 Å². The highest BCUT2D eigenvalue weighted by molar-refractivity contribution is 7.46. The molecular weight excluding hydrogens is 631 g/mol. The minimum atomic E-state index is -4.77. The van der Waals surface area contributed by atoms with Crippen molar-refractivity contribution in [2.75, 3.05) is 13.2 Å². The van der Waals surface area contributed by atoms with E-state index in [4.69, 9.17) is 19.3 Å². The molecule has 280 valence electrons. The van der Waals surface area contributed by atoms with Crippen LogP contribution in [0.25, 0.3) is 0 Å². The predicted molar refractivity (Wildman–Crippen MR) is 194 cm³/mol. The van der Waals surface area contributed by atoms with Crippen LogP contribution in [0.3, 0.4) is 0 Å². The summed E-state index contributed by atoms with van der Waals surface area (Å²) in [5.41, 5.74) is 0. The molecule has 0 aliphatic rings. The Kier molecular flexibility index (Phi) is 31.2. The summed E-state index contributed by atoms with van der Waals surface area (Å²) < 4.78 is 26.3. The monoisotopic (exact) mass is 700 g/mol. The van der Waals surface area contributed by atoms with E-state index in [1.807, 2.05) is 18.2 Å². The molecule has 0 aromatic rings. The fraction of sp³-hybridized carbons (Fsp3) is 0.789. The fourth-order valence-electron chi connectivity index (χ4n) is 5.12. The highest BCUT2D eigenvalue weighted by Crippen LogP contribution is 2.36. The third-order valence-electron chi connectivity index (χ3n) is 8.32. The van der Waals surface area contributed by atoms with Gasteiger partial charge in [-0.1, -0.05) is 154 Å². The molecule has 2 unspecified atom stereocenters. The molecule has 0 bridgehead atoms. The van der Waals surface area contributed by atoms with E-state index in [1.54, 1.807) is 6.08 Å². The number of carbonyl (C=O) groups excluding carboxylic acids is 2. The van der Waals surface area contributed by atoms with Crippen molar-refractivity contribution in [3.63, 3.8) is 0 Å². The van der Waals surface area contributed by atoms with E-state index < -0.39 is 38.6 Å². The van der Waals surface area contributed by atoms with Gasteiger partial charge in [-0.15, -0.1) is 0 Å². The molecule has 0 spiro atoms. The summed E-state index contributed by atoms with van der Waals surface area (Å²) in [6, 6.07) is 0. The summed E-state index contributed by atoms with van der Waals surface area (Å²) in [6.45, 7) is 5.80. The largest absolute Gasteiger partial charge is 0.469 e. The second-order valence-corrected chi connectivity index (χ2v) is 14.2. The zero-order valence-corrected chi connectivity index (χ0v) is 31.3. The number of aliphatic hydroxyl groups is 1. The van der Waals surface area contributed by atoms with Gasteiger partial charge in [0.25, 0.3) is 0 Å². The van der Waals surface area contributed by atoms with Crippen LogP contribution in [0.5, 0.6) is 0 Å². The Labute approximate surface area is 292 Å². The number of aliphatic hydroxyl groups excluding tert-OH is 1. The number of ether oxygens (including phenoxy) is 2. The third kappa shape index (κ3) is 34.1. The van der Waals surface area contributed by atoms with Crippen molar-refractivity contribution in [3.8, 4) is 0 Å². The van der Waals surface area contributed by atoms with E-state index >= 15 is 0 Å². The summed E-state index contributed by atoms with van der Waals surface area (Å²) in [7, 11) is -4.77. The van der Waals surface area contributed by atoms with Crippen LogP contribution in [0.15, 0.2) is 36.5 Å². The minimum absolute atomic E-state index is 0.143. The molecule has 0 aliphatic heterocycles. The lowest BCUT2D eigenvalue weighted by Crippen LogP contribution is -2.29. The van der Waals surface area contributed by atoms with E-state index in [0.29, 0.717) is 19.3 Å². The Morgan fingerprint density at radius 3 is 1.79 bits per heavy atom. The van der Waals surface area contributed by atoms with Gasteiger partial charge < -0.3 is 24.4 Å². The summed E-state index contributed by atoms with van der Waals surface area (Å²) in [5, 5.41) is 10.1. The van der Waals surface area contributed by atoms with Gasteiger partial charge in [0.1, 0.15) is 6.61 Å². The number of esters is 2. The van der Waals surface area contributed by atoms with Crippen LogP contribution in [-0.4, -0.2) is 52.3 Å². The van der Waals surface area contributed by atoms with Crippen molar-refractivity contribution in [3.05, 3.63) is 36.5 Å². The van der Waals surface area contributed by atoms with Crippen LogP contribution in [0.2, 0.25) is 0 Å². The number of hydrogen-bond donors (Lipinski definition) is 3. The molecule has 0 fully saturated rings. The number of hydrogen-bond acceptors (Lipinski definition) is 7. The number of carbonyl (C=O) groups is 2. The molecule has 0 radical (unpaired) electrons. The second kappa shape index (κ2) is 32.4. The first-order chi connectivity index (χ1) is 23.1. The summed E-state index contributed by atoms with van der Waals surface area (Å²) >= 11 is 0. The van der Waals surface area contributed by atoms with Crippen molar-refractivity contribution < 1.29 is 43.0 Å². The molecule has 0 aliphatic carbocycles. The highest BCUT2D eigenvalue weighted by Gasteiger charge is 2.22. The van der Waals surface area contributed by atoms with Crippen molar-refractivity contribution in [2.24, 2.45) is 5.92 Å². The summed E-state index contributed by atoms with van der Waals surface area (Å²) in [4.78, 5) is 42.7. The summed E-state index contributed by atoms with van der Waals surface area (Å²) in [6.07, 6.45) is 31.7. The molecular formula is C38H69O9P. The average molecular weight is 701 g/mol. The van der Waals surface area contributed by atoms with Gasteiger partial charge in [-0.05, 0) is 38.0 Å². The summed E-state index contributed by atoms with van der Waals surface area (Å²) in [5.74, 6) is -0.117. The molecule has 0 rings (SSSR count). The smallest absolute Gasteiger partial charge is 0.462 e. The zero-order chi connectivity index (χ0) is 35.7. The van der Waals surface area contributed by atoms with Crippen molar-refractivity contribution >= 4 is 19.8 Å². The maximum Gasteiger partial charge on any atom is 0.469 e. The molecule has 0 amide bonds. The minimum Gasteiger partial charge on any atom is -0.462 e. The van der Waals surface area contributed by atoms with Gasteiger partial charge in [0, 0.05) is 12.8 Å². The van der Waals surface area contributed by atoms with Crippen LogP contribution in [0.4, 0.5) is 0 Å². The zero-order valence-electron chi connectivity index (χ0n) is 30.4. The van der Waals surface area contributed by atoms with Crippen LogP contribution in [0, 0.1) is 5.92 Å². The standard InChI is InChI=1S/C38H69O9P/c1-4-6-7-8-13-18-23-28-35(39)29-24-19-16-21-26-31-38(41)47-36(33-46-48(42,43)44)32-45-37(40)30-25-20-15-12-10-9-11-14-17-22-27-34(3)5-2/h6-7,13,18,23,28,34-36,39H,4-5,8-12,14-17,19-22,24-27,29-33H2,1-3H3,(H2,42,43,44)/b7-6+,18-13+,28-23+/t34?,35?,36-/m1/s1. The topological polar surface area (TPSA) is 140 Å². The molecule has 0 heterocycles. The van der Waals surface area contributed by atoms with Gasteiger partial charge in [-0.2, -0.15) is 0 Å². The molecule has 10 heteroatoms. The van der Waals surface area contributed by atoms with E-state index in [0.717, 1.165) is 63.7 Å². The van der Waals surface area contributed by atoms with Gasteiger partial charge >= 0.3 is 19.8 Å². The van der Waals surface area contributed by atoms with Crippen LogP contribution in [0.1, 0.15) is 162 Å². The SMILES string of the molecule is CC/C=C/C/C=C/C=C/C(O)CCCCCCCC(=O)O[C@H](COC(=O)CCCCCCCCCCCCC(C)CC)COP(=O)(O)O. The van der Waals surface area contributed by atoms with E-state index in [1.165, 1.54) is 51.4 Å². The lowest BCUT2D eigenvalue weighted by Gasteiger charge is -2.18. The van der Waals surface area contributed by atoms with E-state index in [-0.39, 0.29) is 19.4 Å². The first-order valence-electron chi connectivity index (χ1n) is 18.8. The molecule has 0 saturated carbocycles. The third-order valence-corrected chi connectivity index (χ3v) is 8.80.